The minimum absolute atomic E-state index is 0. The van der Waals surface area contributed by atoms with Gasteiger partial charge in [-0.1, -0.05) is 121 Å². The summed E-state index contributed by atoms with van der Waals surface area (Å²) in [5.41, 5.74) is 17.9. The van der Waals surface area contributed by atoms with Gasteiger partial charge >= 0.3 is 0 Å². The maximum atomic E-state index is 5.24. The van der Waals surface area contributed by atoms with E-state index in [1.807, 2.05) is 0 Å². The summed E-state index contributed by atoms with van der Waals surface area (Å²) in [6.07, 6.45) is 7.70. The molecule has 2 aliphatic rings. The Balaban J connectivity index is 0.00000400. The number of allylic oxidation sites excluding steroid dienone is 2. The molecule has 2 aliphatic heterocycles. The molecule has 7 aromatic rings. The van der Waals surface area contributed by atoms with Crippen LogP contribution in [0.2, 0.25) is 0 Å². The number of hydrogen-bond donors (Lipinski definition) is 2. The monoisotopic (exact) mass is 865 g/mol. The van der Waals surface area contributed by atoms with Crippen molar-refractivity contribution in [2.75, 3.05) is 0 Å². The summed E-state index contributed by atoms with van der Waals surface area (Å²) in [5.74, 6) is 0. The molecule has 0 spiro atoms. The van der Waals surface area contributed by atoms with Gasteiger partial charge in [-0.25, -0.2) is 9.97 Å². The average molecular weight is 866 g/mol. The Kier molecular flexibility index (Phi) is 9.97. The number of rotatable bonds is 8. The molecule has 8 bridgehead atoms. The van der Waals surface area contributed by atoms with Crippen LogP contribution in [0.3, 0.4) is 0 Å². The largest absolute Gasteiger partial charge is 0.355 e. The molecular formula is C48H38N4Pt. The van der Waals surface area contributed by atoms with Crippen molar-refractivity contribution in [2.45, 2.75) is 25.7 Å². The number of nitrogens with one attached hydrogen (secondary N) is 2. The van der Waals surface area contributed by atoms with Gasteiger partial charge in [0.25, 0.3) is 0 Å². The standard InChI is InChI=1S/C48H38N4.Pt/c1-5-13-33(14-6-1)21-37-25-41-30-46-39(23-35-17-9-3-10-18-35)27-43(51-46)32-48-40(24-36-19-11-4-12-20-36)28-44(52-48)31-47-38(22-34-15-7-2-8-16-34)26-42(50-47)29-45(37)49-41;/h1-20,25-32,49-50H,21-24H2;. The molecule has 5 heteroatoms. The third kappa shape index (κ3) is 7.99. The molecule has 0 unspecified atom stereocenters. The average Bonchev–Trinajstić information content (AvgIpc) is 3.93. The van der Waals surface area contributed by atoms with Gasteiger partial charge < -0.3 is 9.97 Å². The van der Waals surface area contributed by atoms with Crippen LogP contribution in [-0.2, 0) is 46.7 Å². The Bertz CT molecular complexity index is 2600. The second-order valence-corrected chi connectivity index (χ2v) is 13.7. The van der Waals surface area contributed by atoms with Crippen LogP contribution < -0.4 is 0 Å². The topological polar surface area (TPSA) is 57.4 Å². The second kappa shape index (κ2) is 15.4. The minimum atomic E-state index is 0. The maximum absolute atomic E-state index is 5.24. The summed E-state index contributed by atoms with van der Waals surface area (Å²) in [4.78, 5) is 18.0. The fraction of sp³-hybridized carbons (Fsp3) is 0.0833. The van der Waals surface area contributed by atoms with Crippen LogP contribution >= 0.6 is 0 Å². The number of aromatic nitrogens is 4. The summed E-state index contributed by atoms with van der Waals surface area (Å²) >= 11 is 0. The maximum Gasteiger partial charge on any atom is 0.0694 e. The predicted molar refractivity (Wildman–Crippen MR) is 216 cm³/mol. The molecule has 0 radical (unpaired) electrons. The molecule has 0 amide bonds. The SMILES string of the molecule is C1=C(Cc2ccccc2)c2cc3nc(cc4cc(Cc5ccccc5)c(cc5cc(Cc6ccccc6)c(cc1n2)[nH]5)[nH]4)C(Cc1ccccc1)=C3.[Pt]. The zero-order chi connectivity index (χ0) is 34.7. The number of aromatic amines is 2. The molecule has 3 aromatic heterocycles. The number of fused-ring (bicyclic) bond motifs is 8. The van der Waals surface area contributed by atoms with Crippen molar-refractivity contribution in [2.24, 2.45) is 0 Å². The van der Waals surface area contributed by atoms with E-state index in [1.54, 1.807) is 0 Å². The summed E-state index contributed by atoms with van der Waals surface area (Å²) in [6.45, 7) is 0. The Hall–Kier alpha value is -5.83. The number of benzene rings is 4. The van der Waals surface area contributed by atoms with E-state index < -0.39 is 0 Å². The molecule has 9 rings (SSSR count). The number of nitrogens with zero attached hydrogens (tertiary/aromatic N) is 2. The molecule has 0 fully saturated rings. The summed E-state index contributed by atoms with van der Waals surface area (Å²) in [7, 11) is 0. The van der Waals surface area contributed by atoms with Gasteiger partial charge in [-0.05, 0) is 119 Å². The van der Waals surface area contributed by atoms with Gasteiger partial charge in [-0.15, -0.1) is 0 Å². The minimum Gasteiger partial charge on any atom is -0.355 e. The van der Waals surface area contributed by atoms with Gasteiger partial charge in [0.2, 0.25) is 0 Å². The van der Waals surface area contributed by atoms with Crippen LogP contribution in [0, 0.1) is 0 Å². The first-order chi connectivity index (χ1) is 25.7. The van der Waals surface area contributed by atoms with Crippen molar-refractivity contribution < 1.29 is 21.1 Å². The third-order valence-corrected chi connectivity index (χ3v) is 9.83. The fourth-order valence-corrected chi connectivity index (χ4v) is 7.31. The van der Waals surface area contributed by atoms with E-state index in [-0.39, 0.29) is 21.1 Å². The molecule has 0 aliphatic carbocycles. The quantitative estimate of drug-likeness (QED) is 0.160. The Morgan fingerprint density at radius 2 is 0.755 bits per heavy atom. The van der Waals surface area contributed by atoms with Crippen molar-refractivity contribution in [3.8, 4) is 0 Å². The van der Waals surface area contributed by atoms with E-state index in [0.717, 1.165) is 70.5 Å². The van der Waals surface area contributed by atoms with Gasteiger partial charge in [0, 0.05) is 43.1 Å². The zero-order valence-corrected chi connectivity index (χ0v) is 31.5. The van der Waals surface area contributed by atoms with Gasteiger partial charge in [0.1, 0.15) is 0 Å². The first kappa shape index (κ1) is 34.3. The molecule has 0 saturated carbocycles. The molecule has 53 heavy (non-hydrogen) atoms. The van der Waals surface area contributed by atoms with E-state index in [0.29, 0.717) is 0 Å². The van der Waals surface area contributed by atoms with Crippen LogP contribution in [0.25, 0.3) is 45.4 Å². The first-order valence-electron chi connectivity index (χ1n) is 18.0. The summed E-state index contributed by atoms with van der Waals surface area (Å²) < 4.78 is 0. The van der Waals surface area contributed by atoms with Crippen molar-refractivity contribution in [3.05, 3.63) is 214 Å². The van der Waals surface area contributed by atoms with Gasteiger partial charge in [-0.3, -0.25) is 0 Å². The first-order valence-corrected chi connectivity index (χ1v) is 18.0. The van der Waals surface area contributed by atoms with Gasteiger partial charge in [0.05, 0.1) is 22.8 Å². The van der Waals surface area contributed by atoms with E-state index in [2.05, 4.69) is 180 Å². The molecule has 4 nitrogen and oxygen atoms in total. The van der Waals surface area contributed by atoms with Crippen LogP contribution in [0.15, 0.2) is 158 Å². The van der Waals surface area contributed by atoms with Crippen LogP contribution in [-0.4, -0.2) is 19.9 Å². The predicted octanol–water partition coefficient (Wildman–Crippen LogP) is 11.1. The Labute approximate surface area is 324 Å². The number of H-pyrrole nitrogens is 2. The fourth-order valence-electron chi connectivity index (χ4n) is 7.31. The van der Waals surface area contributed by atoms with Crippen molar-refractivity contribution >= 4 is 45.4 Å². The van der Waals surface area contributed by atoms with Gasteiger partial charge in [0.15, 0.2) is 0 Å². The molecule has 0 atom stereocenters. The molecular weight excluding hydrogens is 828 g/mol. The molecule has 4 aromatic carbocycles. The van der Waals surface area contributed by atoms with E-state index in [4.69, 9.17) is 9.97 Å². The van der Waals surface area contributed by atoms with E-state index in [9.17, 15) is 0 Å². The van der Waals surface area contributed by atoms with E-state index >= 15 is 0 Å². The van der Waals surface area contributed by atoms with Crippen LogP contribution in [0.5, 0.6) is 0 Å². The second-order valence-electron chi connectivity index (χ2n) is 13.7. The normalized spacial score (nSPS) is 12.2. The van der Waals surface area contributed by atoms with Crippen molar-refractivity contribution in [1.29, 1.82) is 0 Å². The van der Waals surface area contributed by atoms with Crippen molar-refractivity contribution in [1.82, 2.24) is 19.9 Å². The molecule has 260 valence electrons. The Morgan fingerprint density at radius 1 is 0.377 bits per heavy atom. The Morgan fingerprint density at radius 3 is 1.23 bits per heavy atom. The molecule has 5 heterocycles. The van der Waals surface area contributed by atoms with E-state index in [1.165, 1.54) is 44.5 Å². The van der Waals surface area contributed by atoms with Crippen LogP contribution in [0.1, 0.15) is 56.2 Å². The van der Waals surface area contributed by atoms with Crippen LogP contribution in [0.4, 0.5) is 0 Å². The molecule has 0 saturated heterocycles. The number of hydrogen-bond acceptors (Lipinski definition) is 2. The molecule has 2 N–H and O–H groups in total. The van der Waals surface area contributed by atoms with Crippen molar-refractivity contribution in [3.63, 3.8) is 0 Å². The summed E-state index contributed by atoms with van der Waals surface area (Å²) in [5, 5.41) is 0. The zero-order valence-electron chi connectivity index (χ0n) is 29.2. The third-order valence-electron chi connectivity index (χ3n) is 9.83. The van der Waals surface area contributed by atoms with Gasteiger partial charge in [-0.2, -0.15) is 0 Å². The summed E-state index contributed by atoms with van der Waals surface area (Å²) in [6, 6.07) is 56.0. The smallest absolute Gasteiger partial charge is 0.0694 e.